The number of pyridine rings is 2. The number of fused-ring (bicyclic) bond motifs is 3. The molecule has 0 aliphatic carbocycles. The van der Waals surface area contributed by atoms with Gasteiger partial charge in [-0.1, -0.05) is 18.2 Å². The van der Waals surface area contributed by atoms with E-state index < -0.39 is 0 Å². The Morgan fingerprint density at radius 2 is 1.71 bits per heavy atom. The molecule has 3 nitrogen and oxygen atoms in total. The first kappa shape index (κ1) is 12.1. The van der Waals surface area contributed by atoms with Gasteiger partial charge >= 0.3 is 0 Å². The highest BCUT2D eigenvalue weighted by atomic mass is 14.9. The lowest BCUT2D eigenvalue weighted by Crippen LogP contribution is -1.87. The third-order valence-electron chi connectivity index (χ3n) is 4.05. The number of hydrogen-bond acceptors (Lipinski definition) is 2. The van der Waals surface area contributed by atoms with Crippen LogP contribution in [0.1, 0.15) is 5.69 Å². The summed E-state index contributed by atoms with van der Waals surface area (Å²) in [6.45, 7) is 2.00. The van der Waals surface area contributed by atoms with Crippen LogP contribution in [0.4, 0.5) is 0 Å². The SMILES string of the molecule is Cc1ccc(-c2ccc3c4cnccc4n(C)c3c2)cn1. The van der Waals surface area contributed by atoms with Crippen LogP contribution in [0.5, 0.6) is 0 Å². The zero-order valence-electron chi connectivity index (χ0n) is 12.0. The van der Waals surface area contributed by atoms with Gasteiger partial charge in [-0.15, -0.1) is 0 Å². The summed E-state index contributed by atoms with van der Waals surface area (Å²) in [5, 5.41) is 2.44. The second-order valence-corrected chi connectivity index (χ2v) is 5.37. The average Bonchev–Trinajstić information content (AvgIpc) is 2.81. The summed E-state index contributed by atoms with van der Waals surface area (Å²) >= 11 is 0. The maximum absolute atomic E-state index is 4.38. The van der Waals surface area contributed by atoms with E-state index in [2.05, 4.69) is 51.9 Å². The van der Waals surface area contributed by atoms with E-state index in [1.807, 2.05) is 31.6 Å². The molecule has 0 radical (unpaired) electrons. The van der Waals surface area contributed by atoms with Crippen LogP contribution >= 0.6 is 0 Å². The Morgan fingerprint density at radius 3 is 2.52 bits per heavy atom. The second-order valence-electron chi connectivity index (χ2n) is 5.37. The number of hydrogen-bond donors (Lipinski definition) is 0. The molecule has 3 aromatic heterocycles. The first-order valence-corrected chi connectivity index (χ1v) is 6.99. The average molecular weight is 273 g/mol. The predicted octanol–water partition coefficient (Wildman–Crippen LogP) is 4.10. The lowest BCUT2D eigenvalue weighted by molar-refractivity contribution is 1.01. The summed E-state index contributed by atoms with van der Waals surface area (Å²) < 4.78 is 2.22. The molecule has 0 saturated heterocycles. The highest BCUT2D eigenvalue weighted by molar-refractivity contribution is 6.08. The lowest BCUT2D eigenvalue weighted by atomic mass is 10.1. The van der Waals surface area contributed by atoms with Crippen molar-refractivity contribution < 1.29 is 0 Å². The molecule has 0 fully saturated rings. The van der Waals surface area contributed by atoms with E-state index in [4.69, 9.17) is 0 Å². The number of nitrogens with zero attached hydrogens (tertiary/aromatic N) is 3. The van der Waals surface area contributed by atoms with E-state index in [1.165, 1.54) is 27.4 Å². The van der Waals surface area contributed by atoms with Crippen molar-refractivity contribution in [2.24, 2.45) is 7.05 Å². The van der Waals surface area contributed by atoms with Gasteiger partial charge in [-0.3, -0.25) is 9.97 Å². The molecule has 3 heteroatoms. The van der Waals surface area contributed by atoms with Crippen molar-refractivity contribution in [2.75, 3.05) is 0 Å². The standard InChI is InChI=1S/C18H15N3/c1-12-3-4-14(10-20-12)13-5-6-15-16-11-19-8-7-17(16)21(2)18(15)9-13/h3-11H,1-2H3. The van der Waals surface area contributed by atoms with Crippen molar-refractivity contribution in [3.63, 3.8) is 0 Å². The van der Waals surface area contributed by atoms with Crippen LogP contribution in [0.3, 0.4) is 0 Å². The molecule has 0 bridgehead atoms. The van der Waals surface area contributed by atoms with Gasteiger partial charge < -0.3 is 4.57 Å². The van der Waals surface area contributed by atoms with Crippen LogP contribution in [-0.4, -0.2) is 14.5 Å². The zero-order valence-corrected chi connectivity index (χ0v) is 12.0. The minimum absolute atomic E-state index is 1.04. The molecule has 3 heterocycles. The molecule has 0 saturated carbocycles. The molecule has 0 spiro atoms. The fourth-order valence-electron chi connectivity index (χ4n) is 2.87. The first-order valence-electron chi connectivity index (χ1n) is 6.99. The van der Waals surface area contributed by atoms with Gasteiger partial charge in [0.2, 0.25) is 0 Å². The smallest absolute Gasteiger partial charge is 0.0519 e. The molecule has 0 aliphatic rings. The maximum atomic E-state index is 4.38. The first-order chi connectivity index (χ1) is 10.2. The van der Waals surface area contributed by atoms with E-state index in [0.717, 1.165) is 11.3 Å². The van der Waals surface area contributed by atoms with Crippen LogP contribution in [0.2, 0.25) is 0 Å². The summed E-state index contributed by atoms with van der Waals surface area (Å²) in [5.41, 5.74) is 5.80. The Hall–Kier alpha value is -2.68. The Bertz CT molecular complexity index is 949. The van der Waals surface area contributed by atoms with Crippen molar-refractivity contribution >= 4 is 21.8 Å². The molecule has 0 atom stereocenters. The monoisotopic (exact) mass is 273 g/mol. The minimum Gasteiger partial charge on any atom is -0.343 e. The molecule has 0 aliphatic heterocycles. The van der Waals surface area contributed by atoms with Gasteiger partial charge in [0, 0.05) is 53.2 Å². The van der Waals surface area contributed by atoms with Crippen molar-refractivity contribution in [1.82, 2.24) is 14.5 Å². The minimum atomic E-state index is 1.04. The van der Waals surface area contributed by atoms with Gasteiger partial charge in [-0.2, -0.15) is 0 Å². The normalized spacial score (nSPS) is 11.3. The number of rotatable bonds is 1. The summed E-state index contributed by atoms with van der Waals surface area (Å²) in [7, 11) is 2.10. The van der Waals surface area contributed by atoms with E-state index in [0.29, 0.717) is 0 Å². The molecule has 21 heavy (non-hydrogen) atoms. The Labute approximate surface area is 122 Å². The molecule has 4 rings (SSSR count). The maximum Gasteiger partial charge on any atom is 0.0519 e. The third kappa shape index (κ3) is 1.82. The second kappa shape index (κ2) is 4.42. The fraction of sp³-hybridized carbons (Fsp3) is 0.111. The fourth-order valence-corrected chi connectivity index (χ4v) is 2.87. The molecule has 0 amide bonds. The van der Waals surface area contributed by atoms with E-state index >= 15 is 0 Å². The van der Waals surface area contributed by atoms with Gasteiger partial charge in [-0.25, -0.2) is 0 Å². The molecular formula is C18H15N3. The highest BCUT2D eigenvalue weighted by Gasteiger charge is 2.09. The van der Waals surface area contributed by atoms with Crippen molar-refractivity contribution in [3.8, 4) is 11.1 Å². The summed E-state index contributed by atoms with van der Waals surface area (Å²) in [6.07, 6.45) is 5.71. The van der Waals surface area contributed by atoms with Gasteiger partial charge in [-0.05, 0) is 30.7 Å². The Balaban J connectivity index is 2.00. The van der Waals surface area contributed by atoms with Crippen LogP contribution in [-0.2, 0) is 7.05 Å². The van der Waals surface area contributed by atoms with E-state index in [1.54, 1.807) is 0 Å². The van der Waals surface area contributed by atoms with Crippen LogP contribution in [0.15, 0.2) is 55.0 Å². The summed E-state index contributed by atoms with van der Waals surface area (Å²) in [5.74, 6) is 0. The van der Waals surface area contributed by atoms with Gasteiger partial charge in [0.25, 0.3) is 0 Å². The van der Waals surface area contributed by atoms with Gasteiger partial charge in [0.15, 0.2) is 0 Å². The van der Waals surface area contributed by atoms with Crippen LogP contribution < -0.4 is 0 Å². The highest BCUT2D eigenvalue weighted by Crippen LogP contribution is 2.30. The number of benzene rings is 1. The molecular weight excluding hydrogens is 258 g/mol. The Kier molecular flexibility index (Phi) is 2.54. The molecule has 0 unspecified atom stereocenters. The van der Waals surface area contributed by atoms with Crippen molar-refractivity contribution in [2.45, 2.75) is 6.92 Å². The lowest BCUT2D eigenvalue weighted by Gasteiger charge is -2.04. The predicted molar refractivity (Wildman–Crippen MR) is 86.2 cm³/mol. The largest absolute Gasteiger partial charge is 0.343 e. The molecule has 0 N–H and O–H groups in total. The summed E-state index contributed by atoms with van der Waals surface area (Å²) in [6, 6.07) is 12.8. The van der Waals surface area contributed by atoms with Crippen molar-refractivity contribution in [1.29, 1.82) is 0 Å². The molecule has 102 valence electrons. The number of aromatic nitrogens is 3. The third-order valence-corrected chi connectivity index (χ3v) is 4.05. The summed E-state index contributed by atoms with van der Waals surface area (Å²) in [4.78, 5) is 8.63. The van der Waals surface area contributed by atoms with Gasteiger partial charge in [0.05, 0.1) is 5.52 Å². The Morgan fingerprint density at radius 1 is 0.857 bits per heavy atom. The van der Waals surface area contributed by atoms with E-state index in [9.17, 15) is 0 Å². The van der Waals surface area contributed by atoms with E-state index in [-0.39, 0.29) is 0 Å². The zero-order chi connectivity index (χ0) is 14.4. The number of aryl methyl sites for hydroxylation is 2. The van der Waals surface area contributed by atoms with Crippen LogP contribution in [0, 0.1) is 6.92 Å². The van der Waals surface area contributed by atoms with Crippen molar-refractivity contribution in [3.05, 3.63) is 60.7 Å². The molecule has 4 aromatic rings. The quantitative estimate of drug-likeness (QED) is 0.523. The van der Waals surface area contributed by atoms with Crippen LogP contribution in [0.25, 0.3) is 32.9 Å². The van der Waals surface area contributed by atoms with Gasteiger partial charge in [0.1, 0.15) is 0 Å². The molecule has 1 aromatic carbocycles. The topological polar surface area (TPSA) is 30.7 Å².